The molecule has 3 aromatic rings. The first-order valence-corrected chi connectivity index (χ1v) is 12.8. The number of nitrogen functional groups attached to an aromatic ring is 1. The van der Waals surface area contributed by atoms with Gasteiger partial charge in [0, 0.05) is 6.04 Å². The molecule has 2 unspecified atom stereocenters. The van der Waals surface area contributed by atoms with Crippen LogP contribution < -0.4 is 15.9 Å². The van der Waals surface area contributed by atoms with Gasteiger partial charge in [-0.25, -0.2) is 25.1 Å². The maximum atomic E-state index is 13.9. The van der Waals surface area contributed by atoms with Crippen LogP contribution in [0.2, 0.25) is 0 Å². The minimum Gasteiger partial charge on any atom is -0.480 e. The number of imidazole rings is 1. The number of anilines is 1. The van der Waals surface area contributed by atoms with Gasteiger partial charge in [0.2, 0.25) is 7.44 Å². The minimum atomic E-state index is -3.50. The molecule has 184 valence electrons. The number of ether oxygens (including phenoxy) is 1. The maximum Gasteiger partial charge on any atom is 0.323 e. The van der Waals surface area contributed by atoms with Gasteiger partial charge in [-0.3, -0.25) is 9.36 Å². The normalized spacial score (nSPS) is 15.7. The van der Waals surface area contributed by atoms with E-state index in [-0.39, 0.29) is 24.3 Å². The number of carboxylic acid groups (broad SMARTS) is 1. The van der Waals surface area contributed by atoms with Gasteiger partial charge in [0.15, 0.2) is 11.5 Å². The van der Waals surface area contributed by atoms with Gasteiger partial charge in [-0.1, -0.05) is 29.8 Å². The summed E-state index contributed by atoms with van der Waals surface area (Å²) in [7, 11) is -3.50. The van der Waals surface area contributed by atoms with Crippen LogP contribution >= 0.6 is 7.44 Å². The fraction of sp³-hybridized carbons (Fsp3) is 0.455. The maximum absolute atomic E-state index is 13.9. The SMILES string of the molecule is Cc1ccc([C@@H](C)NP(=O)(COC(C)Cn2cnc3c(N)ncnc32)NC(C)(C)C(=O)O)cc1. The summed E-state index contributed by atoms with van der Waals surface area (Å²) < 4.78 is 21.6. The van der Waals surface area contributed by atoms with Gasteiger partial charge in [-0.05, 0) is 40.2 Å². The molecule has 0 aliphatic rings. The second-order valence-electron chi connectivity index (χ2n) is 8.98. The average molecular weight is 490 g/mol. The van der Waals surface area contributed by atoms with Gasteiger partial charge in [-0.15, -0.1) is 0 Å². The third-order valence-electron chi connectivity index (χ3n) is 5.40. The molecule has 11 nitrogen and oxygen atoms in total. The van der Waals surface area contributed by atoms with E-state index in [0.717, 1.165) is 11.1 Å². The smallest absolute Gasteiger partial charge is 0.323 e. The summed E-state index contributed by atoms with van der Waals surface area (Å²) in [5.74, 6) is -0.830. The van der Waals surface area contributed by atoms with Crippen molar-refractivity contribution in [3.8, 4) is 0 Å². The van der Waals surface area contributed by atoms with Crippen molar-refractivity contribution in [2.75, 3.05) is 12.1 Å². The fourth-order valence-corrected chi connectivity index (χ4v) is 5.88. The molecule has 3 rings (SSSR count). The van der Waals surface area contributed by atoms with Crippen LogP contribution in [0.15, 0.2) is 36.9 Å². The van der Waals surface area contributed by atoms with Crippen LogP contribution in [0, 0.1) is 6.92 Å². The number of rotatable bonds is 11. The van der Waals surface area contributed by atoms with E-state index in [1.807, 2.05) is 45.0 Å². The van der Waals surface area contributed by atoms with Gasteiger partial charge < -0.3 is 20.1 Å². The number of fused-ring (bicyclic) bond motifs is 1. The van der Waals surface area contributed by atoms with E-state index in [4.69, 9.17) is 10.5 Å². The zero-order valence-corrected chi connectivity index (χ0v) is 20.9. The standard InChI is InChI=1S/C22H32N7O4P/c1-14-6-8-17(9-7-14)16(3)27-34(32,28-22(4,5)21(30)31)13-33-15(2)10-29-12-26-18-19(23)24-11-25-20(18)29/h6-9,11-12,15-16H,10,13H2,1-5H3,(H,30,31)(H2,23,24,25)(H2,27,28,32)/t15?,16-,34?/m1/s1. The highest BCUT2D eigenvalue weighted by Crippen LogP contribution is 2.42. The van der Waals surface area contributed by atoms with Crippen molar-refractivity contribution in [1.29, 1.82) is 0 Å². The number of aliphatic carboxylic acids is 1. The molecular formula is C22H32N7O4P. The monoisotopic (exact) mass is 489 g/mol. The molecule has 5 N–H and O–H groups in total. The highest BCUT2D eigenvalue weighted by molar-refractivity contribution is 7.59. The number of nitrogens with zero attached hydrogens (tertiary/aromatic N) is 4. The molecule has 0 amide bonds. The second-order valence-corrected chi connectivity index (χ2v) is 11.2. The third kappa shape index (κ3) is 6.18. The van der Waals surface area contributed by atoms with E-state index in [1.165, 1.54) is 20.2 Å². The average Bonchev–Trinajstić information content (AvgIpc) is 3.16. The van der Waals surface area contributed by atoms with E-state index in [0.29, 0.717) is 17.7 Å². The number of carboxylic acids is 1. The van der Waals surface area contributed by atoms with Crippen molar-refractivity contribution in [3.05, 3.63) is 48.0 Å². The number of nitrogens with one attached hydrogen (secondary N) is 2. The van der Waals surface area contributed by atoms with E-state index < -0.39 is 19.0 Å². The topological polar surface area (TPSA) is 157 Å². The Hall–Kier alpha value is -2.85. The third-order valence-corrected chi connectivity index (χ3v) is 7.64. The molecule has 0 saturated heterocycles. The van der Waals surface area contributed by atoms with Crippen LogP contribution in [0.1, 0.15) is 44.9 Å². The van der Waals surface area contributed by atoms with E-state index >= 15 is 0 Å². The Morgan fingerprint density at radius 3 is 2.56 bits per heavy atom. The zero-order chi connectivity index (χ0) is 25.1. The van der Waals surface area contributed by atoms with E-state index in [9.17, 15) is 14.5 Å². The predicted octanol–water partition coefficient (Wildman–Crippen LogP) is 3.08. The lowest BCUT2D eigenvalue weighted by atomic mass is 10.1. The Morgan fingerprint density at radius 1 is 1.24 bits per heavy atom. The molecule has 3 atom stereocenters. The van der Waals surface area contributed by atoms with Crippen molar-refractivity contribution in [3.63, 3.8) is 0 Å². The van der Waals surface area contributed by atoms with Gasteiger partial charge >= 0.3 is 5.97 Å². The Kier molecular flexibility index (Phi) is 7.72. The number of benzene rings is 1. The summed E-state index contributed by atoms with van der Waals surface area (Å²) in [6.07, 6.45) is 2.36. The lowest BCUT2D eigenvalue weighted by Crippen LogP contribution is -2.47. The summed E-state index contributed by atoms with van der Waals surface area (Å²) in [6.45, 7) is 8.99. The van der Waals surface area contributed by atoms with Crippen LogP contribution in [0.4, 0.5) is 5.82 Å². The number of hydrogen-bond acceptors (Lipinski definition) is 7. The number of carbonyl (C=O) groups is 1. The lowest BCUT2D eigenvalue weighted by Gasteiger charge is -2.32. The largest absolute Gasteiger partial charge is 0.480 e. The van der Waals surface area contributed by atoms with Gasteiger partial charge in [0.05, 0.1) is 19.0 Å². The molecule has 0 aliphatic carbocycles. The van der Waals surface area contributed by atoms with Crippen molar-refractivity contribution in [2.45, 2.75) is 58.8 Å². The molecule has 12 heteroatoms. The molecule has 0 saturated carbocycles. The molecule has 1 aromatic carbocycles. The first-order valence-electron chi connectivity index (χ1n) is 10.9. The summed E-state index contributed by atoms with van der Waals surface area (Å²) in [5, 5.41) is 15.5. The van der Waals surface area contributed by atoms with Crippen LogP contribution in [0.3, 0.4) is 0 Å². The Labute approximate surface area is 198 Å². The lowest BCUT2D eigenvalue weighted by molar-refractivity contribution is -0.142. The van der Waals surface area contributed by atoms with Gasteiger partial charge in [0.1, 0.15) is 23.7 Å². The van der Waals surface area contributed by atoms with E-state index in [1.54, 1.807) is 10.9 Å². The molecule has 0 spiro atoms. The summed E-state index contributed by atoms with van der Waals surface area (Å²) in [6, 6.07) is 7.52. The highest BCUT2D eigenvalue weighted by atomic mass is 31.2. The highest BCUT2D eigenvalue weighted by Gasteiger charge is 2.37. The zero-order valence-electron chi connectivity index (χ0n) is 20.0. The summed E-state index contributed by atoms with van der Waals surface area (Å²) >= 11 is 0. The first-order chi connectivity index (χ1) is 15.9. The Bertz CT molecular complexity index is 1200. The van der Waals surface area contributed by atoms with Crippen molar-refractivity contribution in [2.24, 2.45) is 0 Å². The summed E-state index contributed by atoms with van der Waals surface area (Å²) in [5.41, 5.74) is 7.52. The first kappa shape index (κ1) is 25.8. The quantitative estimate of drug-likeness (QED) is 0.295. The molecule has 0 bridgehead atoms. The number of nitrogens with two attached hydrogens (primary N) is 1. The number of aryl methyl sites for hydroxylation is 1. The van der Waals surface area contributed by atoms with Gasteiger partial charge in [0.25, 0.3) is 0 Å². The van der Waals surface area contributed by atoms with Crippen molar-refractivity contribution in [1.82, 2.24) is 29.7 Å². The predicted molar refractivity (Wildman–Crippen MR) is 130 cm³/mol. The van der Waals surface area contributed by atoms with Crippen LogP contribution in [-0.2, 0) is 20.6 Å². The van der Waals surface area contributed by atoms with Crippen LogP contribution in [0.25, 0.3) is 11.2 Å². The Morgan fingerprint density at radius 2 is 1.91 bits per heavy atom. The Balaban J connectivity index is 1.74. The second kappa shape index (κ2) is 10.2. The van der Waals surface area contributed by atoms with E-state index in [2.05, 4.69) is 25.1 Å². The molecule has 2 aromatic heterocycles. The van der Waals surface area contributed by atoms with Crippen LogP contribution in [-0.4, -0.2) is 48.6 Å². The molecule has 0 aliphatic heterocycles. The molecule has 0 radical (unpaired) electrons. The van der Waals surface area contributed by atoms with Crippen molar-refractivity contribution >= 4 is 30.4 Å². The van der Waals surface area contributed by atoms with Gasteiger partial charge in [-0.2, -0.15) is 0 Å². The molecule has 0 fully saturated rings. The number of hydrogen-bond donors (Lipinski definition) is 4. The van der Waals surface area contributed by atoms with Crippen LogP contribution in [0.5, 0.6) is 0 Å². The fourth-order valence-electron chi connectivity index (χ4n) is 3.44. The molecular weight excluding hydrogens is 457 g/mol. The molecule has 34 heavy (non-hydrogen) atoms. The molecule has 2 heterocycles. The minimum absolute atomic E-state index is 0.217. The summed E-state index contributed by atoms with van der Waals surface area (Å²) in [4.78, 5) is 24.1. The number of aromatic nitrogens is 4. The van der Waals surface area contributed by atoms with Crippen molar-refractivity contribution < 1.29 is 19.2 Å².